The summed E-state index contributed by atoms with van der Waals surface area (Å²) in [6, 6.07) is 3.54. The molecule has 0 aliphatic carbocycles. The lowest BCUT2D eigenvalue weighted by molar-refractivity contribution is 0.103. The Bertz CT molecular complexity index is 526. The van der Waals surface area contributed by atoms with E-state index in [1.807, 2.05) is 6.92 Å². The molecular formula is C10H8BrN3OS. The number of amides is 1. The molecule has 2 heterocycles. The van der Waals surface area contributed by atoms with Gasteiger partial charge in [-0.05, 0) is 19.1 Å². The zero-order valence-electron chi connectivity index (χ0n) is 8.40. The maximum atomic E-state index is 11.7. The number of pyridine rings is 1. The van der Waals surface area contributed by atoms with Crippen molar-refractivity contribution in [3.63, 3.8) is 0 Å². The number of anilines is 1. The maximum absolute atomic E-state index is 11.7. The topological polar surface area (TPSA) is 54.9 Å². The van der Waals surface area contributed by atoms with Gasteiger partial charge in [-0.3, -0.25) is 4.79 Å². The number of carbonyl (C=O) groups is 1. The second kappa shape index (κ2) is 4.71. The molecular weight excluding hydrogens is 290 g/mol. The zero-order valence-corrected chi connectivity index (χ0v) is 10.8. The van der Waals surface area contributed by atoms with Crippen LogP contribution in [0.25, 0.3) is 0 Å². The highest BCUT2D eigenvalue weighted by Gasteiger charge is 2.09. The molecule has 0 spiro atoms. The van der Waals surface area contributed by atoms with Crippen LogP contribution in [0.1, 0.15) is 14.7 Å². The molecule has 6 heteroatoms. The summed E-state index contributed by atoms with van der Waals surface area (Å²) in [7, 11) is 0. The molecule has 82 valence electrons. The van der Waals surface area contributed by atoms with E-state index in [-0.39, 0.29) is 5.91 Å². The molecule has 2 aromatic heterocycles. The Morgan fingerprint density at radius 2 is 2.31 bits per heavy atom. The molecule has 1 amide bonds. The fraction of sp³-hybridized carbons (Fsp3) is 0.100. The number of thiazole rings is 1. The largest absolute Gasteiger partial charge is 0.306 e. The predicted molar refractivity (Wildman–Crippen MR) is 66.7 cm³/mol. The fourth-order valence-corrected chi connectivity index (χ4v) is 2.13. The molecule has 0 atom stereocenters. The van der Waals surface area contributed by atoms with Crippen LogP contribution in [0.15, 0.2) is 29.0 Å². The highest BCUT2D eigenvalue weighted by Crippen LogP contribution is 2.16. The van der Waals surface area contributed by atoms with E-state index < -0.39 is 0 Å². The van der Waals surface area contributed by atoms with Crippen LogP contribution in [0.5, 0.6) is 0 Å². The average molecular weight is 298 g/mol. The van der Waals surface area contributed by atoms with Crippen LogP contribution in [0, 0.1) is 6.92 Å². The molecule has 2 aromatic rings. The van der Waals surface area contributed by atoms with Crippen LogP contribution >= 0.6 is 27.3 Å². The molecule has 0 radical (unpaired) electrons. The van der Waals surface area contributed by atoms with Gasteiger partial charge in [0.15, 0.2) is 0 Å². The number of hydrogen-bond acceptors (Lipinski definition) is 4. The second-order valence-electron chi connectivity index (χ2n) is 3.06. The van der Waals surface area contributed by atoms with Crippen molar-refractivity contribution >= 4 is 39.0 Å². The number of nitrogens with zero attached hydrogens (tertiary/aromatic N) is 2. The van der Waals surface area contributed by atoms with Gasteiger partial charge in [0.2, 0.25) is 0 Å². The number of halogens is 1. The summed E-state index contributed by atoms with van der Waals surface area (Å²) >= 11 is 4.67. The van der Waals surface area contributed by atoms with Crippen LogP contribution in [-0.4, -0.2) is 15.9 Å². The van der Waals surface area contributed by atoms with Crippen LogP contribution in [0.4, 0.5) is 5.82 Å². The van der Waals surface area contributed by atoms with Gasteiger partial charge in [0.25, 0.3) is 5.91 Å². The highest BCUT2D eigenvalue weighted by molar-refractivity contribution is 9.10. The van der Waals surface area contributed by atoms with Crippen molar-refractivity contribution in [2.75, 3.05) is 5.32 Å². The maximum Gasteiger partial charge on any atom is 0.268 e. The highest BCUT2D eigenvalue weighted by atomic mass is 79.9. The lowest BCUT2D eigenvalue weighted by Gasteiger charge is -2.01. The Morgan fingerprint density at radius 3 is 2.94 bits per heavy atom. The third kappa shape index (κ3) is 2.65. The Balaban J connectivity index is 2.13. The van der Waals surface area contributed by atoms with Gasteiger partial charge < -0.3 is 5.32 Å². The summed E-state index contributed by atoms with van der Waals surface area (Å²) in [6.07, 6.45) is 3.19. The molecule has 2 rings (SSSR count). The van der Waals surface area contributed by atoms with E-state index >= 15 is 0 Å². The quantitative estimate of drug-likeness (QED) is 0.927. The van der Waals surface area contributed by atoms with Gasteiger partial charge in [0.05, 0.1) is 11.2 Å². The first-order chi connectivity index (χ1) is 7.65. The summed E-state index contributed by atoms with van der Waals surface area (Å²) in [5, 5.41) is 3.57. The Kier molecular flexibility index (Phi) is 3.31. The third-order valence-electron chi connectivity index (χ3n) is 1.81. The molecule has 4 nitrogen and oxygen atoms in total. The summed E-state index contributed by atoms with van der Waals surface area (Å²) in [5.41, 5.74) is 0. The number of nitrogens with one attached hydrogen (secondary N) is 1. The first-order valence-corrected chi connectivity index (χ1v) is 6.11. The van der Waals surface area contributed by atoms with Crippen molar-refractivity contribution in [3.05, 3.63) is 38.9 Å². The number of carbonyl (C=O) groups excluding carboxylic acids is 1. The van der Waals surface area contributed by atoms with Crippen molar-refractivity contribution in [2.24, 2.45) is 0 Å². The Hall–Kier alpha value is -1.27. The minimum absolute atomic E-state index is 0.184. The van der Waals surface area contributed by atoms with Gasteiger partial charge >= 0.3 is 0 Å². The van der Waals surface area contributed by atoms with Gasteiger partial charge in [-0.15, -0.1) is 11.3 Å². The van der Waals surface area contributed by atoms with Gasteiger partial charge in [-0.2, -0.15) is 0 Å². The van der Waals surface area contributed by atoms with E-state index in [0.29, 0.717) is 10.7 Å². The minimum Gasteiger partial charge on any atom is -0.306 e. The van der Waals surface area contributed by atoms with E-state index in [0.717, 1.165) is 9.48 Å². The zero-order chi connectivity index (χ0) is 11.5. The monoisotopic (exact) mass is 297 g/mol. The van der Waals surface area contributed by atoms with E-state index in [1.165, 1.54) is 11.3 Å². The van der Waals surface area contributed by atoms with Crippen LogP contribution in [-0.2, 0) is 0 Å². The van der Waals surface area contributed by atoms with Gasteiger partial charge in [0, 0.05) is 10.7 Å². The molecule has 0 saturated carbocycles. The molecule has 1 N–H and O–H groups in total. The SMILES string of the molecule is Cc1ncc(C(=O)Nc2cc(Br)ccn2)s1. The predicted octanol–water partition coefficient (Wildman–Crippen LogP) is 2.86. The number of hydrogen-bond donors (Lipinski definition) is 1. The number of aryl methyl sites for hydroxylation is 1. The van der Waals surface area contributed by atoms with Crippen LogP contribution in [0.3, 0.4) is 0 Å². The summed E-state index contributed by atoms with van der Waals surface area (Å²) < 4.78 is 0.873. The first kappa shape index (κ1) is 11.2. The average Bonchev–Trinajstić information content (AvgIpc) is 2.65. The summed E-state index contributed by atoms with van der Waals surface area (Å²) in [6.45, 7) is 1.86. The van der Waals surface area contributed by atoms with Crippen molar-refractivity contribution in [3.8, 4) is 0 Å². The lowest BCUT2D eigenvalue weighted by Crippen LogP contribution is -2.11. The molecule has 0 aliphatic heterocycles. The summed E-state index contributed by atoms with van der Waals surface area (Å²) in [4.78, 5) is 20.4. The third-order valence-corrected chi connectivity index (χ3v) is 3.21. The van der Waals surface area contributed by atoms with E-state index in [1.54, 1.807) is 24.5 Å². The molecule has 0 fully saturated rings. The molecule has 0 aliphatic rings. The molecule has 0 saturated heterocycles. The number of rotatable bonds is 2. The minimum atomic E-state index is -0.184. The number of aromatic nitrogens is 2. The van der Waals surface area contributed by atoms with Crippen molar-refractivity contribution in [1.82, 2.24) is 9.97 Å². The summed E-state index contributed by atoms with van der Waals surface area (Å²) in [5.74, 6) is 0.335. The van der Waals surface area contributed by atoms with Gasteiger partial charge in [-0.25, -0.2) is 9.97 Å². The Morgan fingerprint density at radius 1 is 1.50 bits per heavy atom. The lowest BCUT2D eigenvalue weighted by atomic mass is 10.4. The van der Waals surface area contributed by atoms with Crippen LogP contribution < -0.4 is 5.32 Å². The van der Waals surface area contributed by atoms with Crippen LogP contribution in [0.2, 0.25) is 0 Å². The molecule has 0 unspecified atom stereocenters. The van der Waals surface area contributed by atoms with Crippen molar-refractivity contribution in [1.29, 1.82) is 0 Å². The smallest absolute Gasteiger partial charge is 0.268 e. The van der Waals surface area contributed by atoms with E-state index in [4.69, 9.17) is 0 Å². The molecule has 0 bridgehead atoms. The molecule has 0 aromatic carbocycles. The van der Waals surface area contributed by atoms with E-state index in [2.05, 4.69) is 31.2 Å². The fourth-order valence-electron chi connectivity index (χ4n) is 1.12. The van der Waals surface area contributed by atoms with E-state index in [9.17, 15) is 4.79 Å². The van der Waals surface area contributed by atoms with Crippen molar-refractivity contribution < 1.29 is 4.79 Å². The molecule has 16 heavy (non-hydrogen) atoms. The Labute approximate surface area is 105 Å². The van der Waals surface area contributed by atoms with Gasteiger partial charge in [0.1, 0.15) is 10.7 Å². The normalized spacial score (nSPS) is 10.1. The van der Waals surface area contributed by atoms with Gasteiger partial charge in [-0.1, -0.05) is 15.9 Å². The first-order valence-electron chi connectivity index (χ1n) is 4.50. The van der Waals surface area contributed by atoms with Crippen molar-refractivity contribution in [2.45, 2.75) is 6.92 Å². The second-order valence-corrected chi connectivity index (χ2v) is 5.21. The standard InChI is InChI=1S/C10H8BrN3OS/c1-6-13-5-8(16-6)10(15)14-9-4-7(11)2-3-12-9/h2-5H,1H3,(H,12,14,15).